The molecule has 0 bridgehead atoms. The summed E-state index contributed by atoms with van der Waals surface area (Å²) in [6, 6.07) is 1.07. The van der Waals surface area contributed by atoms with E-state index in [1.807, 2.05) is 6.92 Å². The van der Waals surface area contributed by atoms with Crippen molar-refractivity contribution in [3.8, 4) is 0 Å². The zero-order chi connectivity index (χ0) is 15.4. The summed E-state index contributed by atoms with van der Waals surface area (Å²) < 4.78 is 5.33. The first kappa shape index (κ1) is 14.4. The molecular formula is C12H13N5O4. The van der Waals surface area contributed by atoms with E-state index >= 15 is 0 Å². The largest absolute Gasteiger partial charge is 0.444 e. The fourth-order valence-electron chi connectivity index (χ4n) is 1.59. The van der Waals surface area contributed by atoms with E-state index in [2.05, 4.69) is 15.3 Å². The molecule has 9 nitrogen and oxygen atoms in total. The van der Waals surface area contributed by atoms with E-state index in [1.165, 1.54) is 0 Å². The highest BCUT2D eigenvalue weighted by Crippen LogP contribution is 2.16. The fourth-order valence-corrected chi connectivity index (χ4v) is 1.59. The lowest BCUT2D eigenvalue weighted by Crippen LogP contribution is -2.24. The van der Waals surface area contributed by atoms with Crippen molar-refractivity contribution in [1.29, 1.82) is 0 Å². The number of nitrogens with zero attached hydrogens (tertiary/aromatic N) is 3. The molecule has 0 spiro atoms. The molecule has 0 aromatic carbocycles. The van der Waals surface area contributed by atoms with Crippen LogP contribution in [0.15, 0.2) is 22.9 Å². The van der Waals surface area contributed by atoms with Crippen LogP contribution < -0.4 is 11.1 Å². The molecule has 0 radical (unpaired) electrons. The number of rotatable bonds is 5. The number of oxazole rings is 1. The highest BCUT2D eigenvalue weighted by atomic mass is 16.6. The maximum atomic E-state index is 12.0. The summed E-state index contributed by atoms with van der Waals surface area (Å²) in [7, 11) is 0. The monoisotopic (exact) mass is 291 g/mol. The van der Waals surface area contributed by atoms with Crippen molar-refractivity contribution in [2.45, 2.75) is 19.9 Å². The van der Waals surface area contributed by atoms with E-state index in [0.717, 1.165) is 12.3 Å². The number of nitro groups is 1. The predicted molar refractivity (Wildman–Crippen MR) is 72.4 cm³/mol. The van der Waals surface area contributed by atoms with Crippen molar-refractivity contribution >= 4 is 17.4 Å². The van der Waals surface area contributed by atoms with Crippen molar-refractivity contribution in [1.82, 2.24) is 15.3 Å². The first-order valence-corrected chi connectivity index (χ1v) is 6.13. The first-order chi connectivity index (χ1) is 10.0. The number of hydrogen-bond donors (Lipinski definition) is 2. The predicted octanol–water partition coefficient (Wildman–Crippen LogP) is 1.05. The molecule has 3 N–H and O–H groups in total. The molecule has 0 saturated carbocycles. The van der Waals surface area contributed by atoms with Crippen LogP contribution in [0.25, 0.3) is 0 Å². The number of carbonyl (C=O) groups is 1. The van der Waals surface area contributed by atoms with Gasteiger partial charge in [-0.2, -0.15) is 0 Å². The number of nitrogens with one attached hydrogen (secondary N) is 1. The van der Waals surface area contributed by atoms with Crippen LogP contribution in [-0.4, -0.2) is 20.8 Å². The van der Waals surface area contributed by atoms with Crippen molar-refractivity contribution in [2.75, 3.05) is 5.73 Å². The number of nitrogen functional groups attached to an aromatic ring is 1. The fraction of sp³-hybridized carbons (Fsp3) is 0.250. The number of aromatic nitrogens is 2. The minimum atomic E-state index is -0.648. The second-order valence-electron chi connectivity index (χ2n) is 4.14. The number of nitrogens with two attached hydrogens (primary N) is 1. The Kier molecular flexibility index (Phi) is 4.12. The van der Waals surface area contributed by atoms with E-state index in [-0.39, 0.29) is 23.6 Å². The van der Waals surface area contributed by atoms with E-state index in [0.29, 0.717) is 18.1 Å². The molecule has 0 aliphatic heterocycles. The Labute approximate surface area is 119 Å². The molecule has 2 aromatic heterocycles. The highest BCUT2D eigenvalue weighted by molar-refractivity contribution is 5.98. The summed E-state index contributed by atoms with van der Waals surface area (Å²) >= 11 is 0. The lowest BCUT2D eigenvalue weighted by molar-refractivity contribution is -0.385. The van der Waals surface area contributed by atoms with E-state index < -0.39 is 10.8 Å². The van der Waals surface area contributed by atoms with E-state index in [1.54, 1.807) is 6.20 Å². The molecule has 21 heavy (non-hydrogen) atoms. The van der Waals surface area contributed by atoms with Crippen LogP contribution >= 0.6 is 0 Å². The van der Waals surface area contributed by atoms with Crippen molar-refractivity contribution in [3.63, 3.8) is 0 Å². The van der Waals surface area contributed by atoms with Crippen LogP contribution in [0.4, 0.5) is 11.5 Å². The quantitative estimate of drug-likeness (QED) is 0.620. The highest BCUT2D eigenvalue weighted by Gasteiger charge is 2.17. The van der Waals surface area contributed by atoms with Crippen LogP contribution in [0.3, 0.4) is 0 Å². The van der Waals surface area contributed by atoms with Gasteiger partial charge in [0.1, 0.15) is 17.8 Å². The maximum Gasteiger partial charge on any atom is 0.288 e. The van der Waals surface area contributed by atoms with Crippen LogP contribution in [-0.2, 0) is 13.0 Å². The third-order valence-corrected chi connectivity index (χ3v) is 2.71. The topological polar surface area (TPSA) is 137 Å². The van der Waals surface area contributed by atoms with Gasteiger partial charge in [-0.3, -0.25) is 14.9 Å². The molecule has 0 aliphatic carbocycles. The Bertz CT molecular complexity index is 682. The van der Waals surface area contributed by atoms with E-state index in [9.17, 15) is 14.9 Å². The van der Waals surface area contributed by atoms with Gasteiger partial charge in [0, 0.05) is 12.5 Å². The van der Waals surface area contributed by atoms with Gasteiger partial charge in [-0.1, -0.05) is 6.92 Å². The molecule has 2 heterocycles. The van der Waals surface area contributed by atoms with Gasteiger partial charge in [-0.15, -0.1) is 0 Å². The minimum absolute atomic E-state index is 0.0565. The number of carbonyl (C=O) groups excluding carboxylic acids is 1. The van der Waals surface area contributed by atoms with Gasteiger partial charge < -0.3 is 15.5 Å². The molecule has 9 heteroatoms. The van der Waals surface area contributed by atoms with Crippen LogP contribution in [0.5, 0.6) is 0 Å². The smallest absolute Gasteiger partial charge is 0.288 e. The molecule has 0 aliphatic rings. The molecule has 0 atom stereocenters. The van der Waals surface area contributed by atoms with Crippen molar-refractivity contribution in [2.24, 2.45) is 0 Å². The molecule has 0 fully saturated rings. The summed E-state index contributed by atoms with van der Waals surface area (Å²) in [4.78, 5) is 29.6. The molecule has 2 rings (SSSR count). The second-order valence-corrected chi connectivity index (χ2v) is 4.14. The summed E-state index contributed by atoms with van der Waals surface area (Å²) in [6.07, 6.45) is 3.27. The van der Waals surface area contributed by atoms with E-state index in [4.69, 9.17) is 10.2 Å². The SMILES string of the molecule is CCc1cnc(CNC(=O)c2cc([N+](=O)[O-])cnc2N)o1. The Balaban J connectivity index is 2.09. The van der Waals surface area contributed by atoms with Gasteiger partial charge in [0.05, 0.1) is 23.2 Å². The number of anilines is 1. The Morgan fingerprint density at radius 1 is 1.48 bits per heavy atom. The maximum absolute atomic E-state index is 12.0. The first-order valence-electron chi connectivity index (χ1n) is 6.13. The van der Waals surface area contributed by atoms with Crippen molar-refractivity contribution < 1.29 is 14.1 Å². The molecular weight excluding hydrogens is 278 g/mol. The standard InChI is InChI=1S/C12H13N5O4/c1-2-8-5-14-10(21-8)6-16-12(18)9-3-7(17(19)20)4-15-11(9)13/h3-5H,2,6H2,1H3,(H2,13,15)(H,16,18). The molecule has 0 saturated heterocycles. The number of amides is 1. The third kappa shape index (κ3) is 3.32. The number of pyridine rings is 1. The second kappa shape index (κ2) is 5.99. The van der Waals surface area contributed by atoms with Gasteiger partial charge in [0.2, 0.25) is 5.89 Å². The van der Waals surface area contributed by atoms with Crippen LogP contribution in [0.1, 0.15) is 28.9 Å². The number of hydrogen-bond acceptors (Lipinski definition) is 7. The average molecular weight is 291 g/mol. The zero-order valence-corrected chi connectivity index (χ0v) is 11.2. The van der Waals surface area contributed by atoms with Crippen LogP contribution in [0, 0.1) is 10.1 Å². The van der Waals surface area contributed by atoms with Crippen LogP contribution in [0.2, 0.25) is 0 Å². The number of aryl methyl sites for hydroxylation is 1. The Morgan fingerprint density at radius 3 is 2.86 bits per heavy atom. The Morgan fingerprint density at radius 2 is 2.24 bits per heavy atom. The molecule has 1 amide bonds. The van der Waals surface area contributed by atoms with Crippen molar-refractivity contribution in [3.05, 3.63) is 45.8 Å². The summed E-state index contributed by atoms with van der Waals surface area (Å²) in [5, 5.41) is 13.2. The Hall–Kier alpha value is -2.97. The normalized spacial score (nSPS) is 10.3. The van der Waals surface area contributed by atoms with Gasteiger partial charge in [0.15, 0.2) is 0 Å². The van der Waals surface area contributed by atoms with Gasteiger partial charge >= 0.3 is 0 Å². The summed E-state index contributed by atoms with van der Waals surface area (Å²) in [6.45, 7) is 1.97. The zero-order valence-electron chi connectivity index (χ0n) is 11.2. The lowest BCUT2D eigenvalue weighted by Gasteiger charge is -2.05. The summed E-state index contributed by atoms with van der Waals surface area (Å²) in [5.41, 5.74) is 5.18. The summed E-state index contributed by atoms with van der Waals surface area (Å²) in [5.74, 6) is 0.382. The molecule has 110 valence electrons. The van der Waals surface area contributed by atoms with Gasteiger partial charge in [0.25, 0.3) is 11.6 Å². The molecule has 0 unspecified atom stereocenters. The van der Waals surface area contributed by atoms with Gasteiger partial charge in [-0.05, 0) is 0 Å². The minimum Gasteiger partial charge on any atom is -0.444 e. The average Bonchev–Trinajstić information content (AvgIpc) is 2.93. The van der Waals surface area contributed by atoms with Gasteiger partial charge in [-0.25, -0.2) is 9.97 Å². The molecule has 2 aromatic rings. The lowest BCUT2D eigenvalue weighted by atomic mass is 10.2. The third-order valence-electron chi connectivity index (χ3n) is 2.71.